The molecular formula is C25H27N5O3S. The average molecular weight is 478 g/mol. The Bertz CT molecular complexity index is 1340. The molecule has 0 atom stereocenters. The SMILES string of the molecule is CCCSc1nc(NCc2ccc(OC)cc2)c2[nH]c(=O)n(Cc3ccc(C(C)=O)cc3)c2n1. The maximum atomic E-state index is 12.9. The van der Waals surface area contributed by atoms with Gasteiger partial charge in [0.05, 0.1) is 13.7 Å². The highest BCUT2D eigenvalue weighted by molar-refractivity contribution is 7.99. The van der Waals surface area contributed by atoms with Gasteiger partial charge in [-0.3, -0.25) is 9.36 Å². The van der Waals surface area contributed by atoms with E-state index in [-0.39, 0.29) is 11.5 Å². The van der Waals surface area contributed by atoms with Gasteiger partial charge in [-0.05, 0) is 36.6 Å². The molecule has 2 heterocycles. The maximum absolute atomic E-state index is 12.9. The lowest BCUT2D eigenvalue weighted by atomic mass is 10.1. The number of carbonyl (C=O) groups is 1. The van der Waals surface area contributed by atoms with E-state index in [0.29, 0.717) is 40.8 Å². The van der Waals surface area contributed by atoms with Gasteiger partial charge >= 0.3 is 5.69 Å². The second-order valence-electron chi connectivity index (χ2n) is 7.87. The fraction of sp³-hybridized carbons (Fsp3) is 0.280. The van der Waals surface area contributed by atoms with E-state index < -0.39 is 0 Å². The standard InChI is InChI=1S/C25H27N5O3S/c1-4-13-34-24-28-22(26-14-17-7-11-20(33-3)12-8-17)21-23(29-24)30(25(32)27-21)15-18-5-9-19(10-6-18)16(2)31/h5-12H,4,13-15H2,1-3H3,(H,27,32)(H,26,28,29). The number of benzene rings is 2. The van der Waals surface area contributed by atoms with Gasteiger partial charge in [-0.25, -0.2) is 14.8 Å². The van der Waals surface area contributed by atoms with Crippen molar-refractivity contribution in [3.8, 4) is 5.75 Å². The maximum Gasteiger partial charge on any atom is 0.328 e. The van der Waals surface area contributed by atoms with Crippen LogP contribution in [0.25, 0.3) is 11.2 Å². The second-order valence-corrected chi connectivity index (χ2v) is 8.93. The van der Waals surface area contributed by atoms with Crippen molar-refractivity contribution in [2.24, 2.45) is 0 Å². The number of ketones is 1. The lowest BCUT2D eigenvalue weighted by Crippen LogP contribution is -2.17. The fourth-order valence-corrected chi connectivity index (χ4v) is 4.19. The first-order valence-corrected chi connectivity index (χ1v) is 12.1. The highest BCUT2D eigenvalue weighted by Gasteiger charge is 2.16. The van der Waals surface area contributed by atoms with Gasteiger partial charge in [0.25, 0.3) is 0 Å². The van der Waals surface area contributed by atoms with Crippen LogP contribution < -0.4 is 15.7 Å². The van der Waals surface area contributed by atoms with Gasteiger partial charge in [0.2, 0.25) is 0 Å². The van der Waals surface area contributed by atoms with E-state index in [1.807, 2.05) is 36.4 Å². The number of hydrogen-bond acceptors (Lipinski definition) is 7. The number of H-pyrrole nitrogens is 1. The van der Waals surface area contributed by atoms with Gasteiger partial charge < -0.3 is 15.0 Å². The summed E-state index contributed by atoms with van der Waals surface area (Å²) in [6.45, 7) is 4.51. The first kappa shape index (κ1) is 23.6. The summed E-state index contributed by atoms with van der Waals surface area (Å²) in [7, 11) is 1.64. The third-order valence-electron chi connectivity index (χ3n) is 5.36. The number of fused-ring (bicyclic) bond motifs is 1. The van der Waals surface area contributed by atoms with Crippen molar-refractivity contribution in [2.45, 2.75) is 38.5 Å². The minimum Gasteiger partial charge on any atom is -0.497 e. The van der Waals surface area contributed by atoms with Gasteiger partial charge in [0.15, 0.2) is 22.4 Å². The predicted octanol–water partition coefficient (Wildman–Crippen LogP) is 4.49. The summed E-state index contributed by atoms with van der Waals surface area (Å²) >= 11 is 1.56. The minimum atomic E-state index is -0.259. The third kappa shape index (κ3) is 5.31. The second kappa shape index (κ2) is 10.6. The van der Waals surface area contributed by atoms with Crippen LogP contribution in [0.3, 0.4) is 0 Å². The molecule has 0 unspecified atom stereocenters. The number of hydrogen-bond donors (Lipinski definition) is 2. The average Bonchev–Trinajstić information content (AvgIpc) is 3.16. The molecule has 0 spiro atoms. The molecule has 0 aliphatic rings. The summed E-state index contributed by atoms with van der Waals surface area (Å²) < 4.78 is 6.83. The predicted molar refractivity (Wildman–Crippen MR) is 135 cm³/mol. The van der Waals surface area contributed by atoms with E-state index in [9.17, 15) is 9.59 Å². The van der Waals surface area contributed by atoms with Crippen molar-refractivity contribution in [2.75, 3.05) is 18.2 Å². The molecule has 34 heavy (non-hydrogen) atoms. The quantitative estimate of drug-likeness (QED) is 0.197. The lowest BCUT2D eigenvalue weighted by Gasteiger charge is -2.10. The van der Waals surface area contributed by atoms with Crippen LogP contribution in [0, 0.1) is 0 Å². The highest BCUT2D eigenvalue weighted by atomic mass is 32.2. The molecule has 2 aromatic carbocycles. The molecule has 0 saturated heterocycles. The van der Waals surface area contributed by atoms with Crippen LogP contribution in [-0.2, 0) is 13.1 Å². The molecule has 0 aliphatic carbocycles. The fourth-order valence-electron chi connectivity index (χ4n) is 3.50. The number of Topliss-reactive ketones (excluding diaryl/α,β-unsaturated/α-hetero) is 1. The molecular weight excluding hydrogens is 450 g/mol. The van der Waals surface area contributed by atoms with Crippen molar-refractivity contribution in [1.82, 2.24) is 19.5 Å². The highest BCUT2D eigenvalue weighted by Crippen LogP contribution is 2.24. The number of aromatic amines is 1. The number of imidazole rings is 1. The summed E-state index contributed by atoms with van der Waals surface area (Å²) in [5.41, 5.74) is 3.46. The number of thioether (sulfide) groups is 1. The molecule has 176 valence electrons. The summed E-state index contributed by atoms with van der Waals surface area (Å²) in [6.07, 6.45) is 0.989. The largest absolute Gasteiger partial charge is 0.497 e. The van der Waals surface area contributed by atoms with E-state index >= 15 is 0 Å². The van der Waals surface area contributed by atoms with E-state index in [1.165, 1.54) is 6.92 Å². The van der Waals surface area contributed by atoms with Crippen LogP contribution in [0.1, 0.15) is 41.8 Å². The topological polar surface area (TPSA) is 102 Å². The van der Waals surface area contributed by atoms with Crippen molar-refractivity contribution < 1.29 is 9.53 Å². The summed E-state index contributed by atoms with van der Waals surface area (Å²) in [5, 5.41) is 3.97. The monoisotopic (exact) mass is 477 g/mol. The first-order valence-electron chi connectivity index (χ1n) is 11.1. The van der Waals surface area contributed by atoms with E-state index in [0.717, 1.165) is 29.1 Å². The van der Waals surface area contributed by atoms with Crippen LogP contribution in [-0.4, -0.2) is 38.2 Å². The van der Waals surface area contributed by atoms with Gasteiger partial charge in [-0.1, -0.05) is 55.1 Å². The Morgan fingerprint density at radius 2 is 1.79 bits per heavy atom. The number of rotatable bonds is 10. The van der Waals surface area contributed by atoms with E-state index in [1.54, 1.807) is 35.6 Å². The Labute approximate surface area is 201 Å². The molecule has 2 aromatic heterocycles. The molecule has 0 aliphatic heterocycles. The normalized spacial score (nSPS) is 11.0. The van der Waals surface area contributed by atoms with Gasteiger partial charge in [-0.15, -0.1) is 0 Å². The first-order chi connectivity index (χ1) is 16.5. The Morgan fingerprint density at radius 3 is 2.44 bits per heavy atom. The summed E-state index contributed by atoms with van der Waals surface area (Å²) in [6, 6.07) is 15.0. The Hall–Kier alpha value is -3.59. The summed E-state index contributed by atoms with van der Waals surface area (Å²) in [5.74, 6) is 2.27. The van der Waals surface area contributed by atoms with E-state index in [4.69, 9.17) is 4.74 Å². The Morgan fingerprint density at radius 1 is 1.09 bits per heavy atom. The molecule has 0 bridgehead atoms. The number of carbonyl (C=O) groups excluding carboxylic acids is 1. The smallest absolute Gasteiger partial charge is 0.328 e. The van der Waals surface area contributed by atoms with Crippen molar-refractivity contribution >= 4 is 34.5 Å². The summed E-state index contributed by atoms with van der Waals surface area (Å²) in [4.78, 5) is 36.7. The van der Waals surface area contributed by atoms with Crippen molar-refractivity contribution in [3.63, 3.8) is 0 Å². The molecule has 0 amide bonds. The molecule has 0 fully saturated rings. The zero-order valence-corrected chi connectivity index (χ0v) is 20.2. The van der Waals surface area contributed by atoms with Crippen LogP contribution in [0.4, 0.5) is 5.82 Å². The number of methoxy groups -OCH3 is 1. The number of nitrogens with one attached hydrogen (secondary N) is 2. The van der Waals surface area contributed by atoms with E-state index in [2.05, 4.69) is 27.2 Å². The third-order valence-corrected chi connectivity index (χ3v) is 6.41. The minimum absolute atomic E-state index is 0.00807. The zero-order valence-electron chi connectivity index (χ0n) is 19.4. The van der Waals surface area contributed by atoms with Crippen LogP contribution in [0.2, 0.25) is 0 Å². The Balaban J connectivity index is 1.67. The molecule has 0 radical (unpaired) electrons. The van der Waals surface area contributed by atoms with Crippen LogP contribution in [0.15, 0.2) is 58.5 Å². The van der Waals surface area contributed by atoms with Gasteiger partial charge in [-0.2, -0.15) is 0 Å². The van der Waals surface area contributed by atoms with Gasteiger partial charge in [0, 0.05) is 17.9 Å². The lowest BCUT2D eigenvalue weighted by molar-refractivity contribution is 0.101. The molecule has 9 heteroatoms. The molecule has 2 N–H and O–H groups in total. The van der Waals surface area contributed by atoms with Crippen LogP contribution >= 0.6 is 11.8 Å². The van der Waals surface area contributed by atoms with Crippen LogP contribution in [0.5, 0.6) is 5.75 Å². The number of nitrogens with zero attached hydrogens (tertiary/aromatic N) is 3. The molecule has 4 aromatic rings. The molecule has 0 saturated carbocycles. The molecule has 4 rings (SSSR count). The van der Waals surface area contributed by atoms with Gasteiger partial charge in [0.1, 0.15) is 11.3 Å². The number of ether oxygens (including phenoxy) is 1. The molecule has 8 nitrogen and oxygen atoms in total. The number of aromatic nitrogens is 4. The zero-order chi connectivity index (χ0) is 24.1. The Kier molecular flexibility index (Phi) is 7.32. The van der Waals surface area contributed by atoms with Crippen molar-refractivity contribution in [3.05, 3.63) is 75.7 Å². The van der Waals surface area contributed by atoms with Crippen molar-refractivity contribution in [1.29, 1.82) is 0 Å². The number of anilines is 1.